The Labute approximate surface area is 130 Å². The van der Waals surface area contributed by atoms with E-state index in [0.717, 1.165) is 29.7 Å². The molecular weight excluding hydrogens is 284 g/mol. The third-order valence-corrected chi connectivity index (χ3v) is 4.43. The number of benzene rings is 1. The van der Waals surface area contributed by atoms with Crippen LogP contribution < -0.4 is 0 Å². The Morgan fingerprint density at radius 2 is 2.10 bits per heavy atom. The molecule has 0 spiro atoms. The molecule has 1 aliphatic heterocycles. The van der Waals surface area contributed by atoms with E-state index in [2.05, 4.69) is 16.9 Å². The first-order valence-electron chi connectivity index (χ1n) is 7.25. The summed E-state index contributed by atoms with van der Waals surface area (Å²) in [7, 11) is 2.12. The zero-order chi connectivity index (χ0) is 14.8. The van der Waals surface area contributed by atoms with Gasteiger partial charge in [-0.3, -0.25) is 4.90 Å². The van der Waals surface area contributed by atoms with Crippen LogP contribution in [0.2, 0.25) is 5.15 Å². The smallest absolute Gasteiger partial charge is 0.129 e. The zero-order valence-corrected chi connectivity index (χ0v) is 12.8. The Kier molecular flexibility index (Phi) is 4.24. The Hall–Kier alpha value is -1.42. The van der Waals surface area contributed by atoms with E-state index in [1.807, 2.05) is 36.5 Å². The van der Waals surface area contributed by atoms with Crippen molar-refractivity contribution in [2.45, 2.75) is 25.0 Å². The number of pyridine rings is 1. The fourth-order valence-electron chi connectivity index (χ4n) is 3.09. The standard InChI is InChI=1S/C17H19ClN2O/c1-20-9-5-8-15(20)14-11-19-16(18)10-13(14)17(21)12-6-3-2-4-7-12/h2-4,6-7,10-11,15,17,21H,5,8-9H2,1H3/t15-,17?/m0/s1. The minimum absolute atomic E-state index is 0.308. The molecule has 4 heteroatoms. The van der Waals surface area contributed by atoms with Crippen LogP contribution in [-0.2, 0) is 0 Å². The molecule has 1 N–H and O–H groups in total. The number of hydrogen-bond acceptors (Lipinski definition) is 3. The molecule has 0 saturated carbocycles. The lowest BCUT2D eigenvalue weighted by Crippen LogP contribution is -2.20. The summed E-state index contributed by atoms with van der Waals surface area (Å²) in [6, 6.07) is 11.8. The number of nitrogens with zero attached hydrogens (tertiary/aromatic N) is 2. The third kappa shape index (κ3) is 2.95. The van der Waals surface area contributed by atoms with Crippen molar-refractivity contribution in [2.75, 3.05) is 13.6 Å². The van der Waals surface area contributed by atoms with Crippen molar-refractivity contribution < 1.29 is 5.11 Å². The number of rotatable bonds is 3. The molecule has 0 aliphatic carbocycles. The highest BCUT2D eigenvalue weighted by atomic mass is 35.5. The zero-order valence-electron chi connectivity index (χ0n) is 12.0. The van der Waals surface area contributed by atoms with Crippen molar-refractivity contribution in [3.8, 4) is 0 Å². The predicted octanol–water partition coefficient (Wildman–Crippen LogP) is 3.58. The first-order valence-corrected chi connectivity index (χ1v) is 7.63. The van der Waals surface area contributed by atoms with Gasteiger partial charge in [0.05, 0.1) is 0 Å². The summed E-state index contributed by atoms with van der Waals surface area (Å²) in [5.74, 6) is 0. The van der Waals surface area contributed by atoms with Gasteiger partial charge in [0.25, 0.3) is 0 Å². The second kappa shape index (κ2) is 6.14. The normalized spacial score (nSPS) is 20.6. The van der Waals surface area contributed by atoms with Crippen LogP contribution in [-0.4, -0.2) is 28.6 Å². The van der Waals surface area contributed by atoms with Crippen LogP contribution in [0.5, 0.6) is 0 Å². The van der Waals surface area contributed by atoms with Crippen LogP contribution in [0.4, 0.5) is 0 Å². The van der Waals surface area contributed by atoms with Crippen LogP contribution in [0.15, 0.2) is 42.6 Å². The molecule has 3 nitrogen and oxygen atoms in total. The Morgan fingerprint density at radius 1 is 1.33 bits per heavy atom. The number of aliphatic hydroxyl groups excluding tert-OH is 1. The second-order valence-electron chi connectivity index (χ2n) is 5.59. The molecule has 0 bridgehead atoms. The molecule has 2 heterocycles. The lowest BCUT2D eigenvalue weighted by Gasteiger charge is -2.24. The molecule has 1 saturated heterocycles. The van der Waals surface area contributed by atoms with Crippen molar-refractivity contribution in [3.05, 3.63) is 64.4 Å². The van der Waals surface area contributed by atoms with Gasteiger partial charge in [0.1, 0.15) is 11.3 Å². The summed E-state index contributed by atoms with van der Waals surface area (Å²) < 4.78 is 0. The summed E-state index contributed by atoms with van der Waals surface area (Å²) in [5.41, 5.74) is 2.82. The van der Waals surface area contributed by atoms with Gasteiger partial charge in [0, 0.05) is 12.2 Å². The highest BCUT2D eigenvalue weighted by Crippen LogP contribution is 2.36. The van der Waals surface area contributed by atoms with Gasteiger partial charge < -0.3 is 5.11 Å². The van der Waals surface area contributed by atoms with Gasteiger partial charge in [-0.1, -0.05) is 41.9 Å². The molecule has 3 rings (SSSR count). The van der Waals surface area contributed by atoms with Gasteiger partial charge in [0.2, 0.25) is 0 Å². The number of likely N-dealkylation sites (tertiary alicyclic amines) is 1. The summed E-state index contributed by atoms with van der Waals surface area (Å²) >= 11 is 6.06. The molecule has 1 aromatic carbocycles. The van der Waals surface area contributed by atoms with E-state index in [1.54, 1.807) is 6.07 Å². The average Bonchev–Trinajstić information content (AvgIpc) is 2.93. The van der Waals surface area contributed by atoms with Crippen molar-refractivity contribution in [2.24, 2.45) is 0 Å². The second-order valence-corrected chi connectivity index (χ2v) is 5.98. The van der Waals surface area contributed by atoms with Crippen LogP contribution >= 0.6 is 11.6 Å². The molecule has 1 fully saturated rings. The first kappa shape index (κ1) is 14.5. The highest BCUT2D eigenvalue weighted by molar-refractivity contribution is 6.29. The topological polar surface area (TPSA) is 36.4 Å². The van der Waals surface area contributed by atoms with Gasteiger partial charge in [0.15, 0.2) is 0 Å². The van der Waals surface area contributed by atoms with E-state index in [-0.39, 0.29) is 0 Å². The SMILES string of the molecule is CN1CCC[C@H]1c1cnc(Cl)cc1C(O)c1ccccc1. The third-order valence-electron chi connectivity index (χ3n) is 4.22. The van der Waals surface area contributed by atoms with Crippen molar-refractivity contribution in [1.29, 1.82) is 0 Å². The lowest BCUT2D eigenvalue weighted by atomic mass is 9.93. The van der Waals surface area contributed by atoms with Gasteiger partial charge in [-0.15, -0.1) is 0 Å². The quantitative estimate of drug-likeness (QED) is 0.880. The number of aromatic nitrogens is 1. The van der Waals surface area contributed by atoms with E-state index in [0.29, 0.717) is 11.2 Å². The molecule has 2 atom stereocenters. The largest absolute Gasteiger partial charge is 0.384 e. The number of aliphatic hydroxyl groups is 1. The van der Waals surface area contributed by atoms with E-state index >= 15 is 0 Å². The van der Waals surface area contributed by atoms with E-state index in [4.69, 9.17) is 11.6 Å². The van der Waals surface area contributed by atoms with Gasteiger partial charge in [-0.2, -0.15) is 0 Å². The molecular formula is C17H19ClN2O. The van der Waals surface area contributed by atoms with Gasteiger partial charge >= 0.3 is 0 Å². The number of hydrogen-bond donors (Lipinski definition) is 1. The van der Waals surface area contributed by atoms with E-state index in [9.17, 15) is 5.11 Å². The Bertz CT molecular complexity index is 617. The van der Waals surface area contributed by atoms with Crippen molar-refractivity contribution >= 4 is 11.6 Å². The maximum atomic E-state index is 10.7. The first-order chi connectivity index (χ1) is 10.2. The molecule has 0 radical (unpaired) electrons. The summed E-state index contributed by atoms with van der Waals surface area (Å²) in [6.07, 6.45) is 3.41. The fourth-order valence-corrected chi connectivity index (χ4v) is 3.25. The molecule has 1 aliphatic rings. The van der Waals surface area contributed by atoms with E-state index in [1.165, 1.54) is 6.42 Å². The maximum absolute atomic E-state index is 10.7. The van der Waals surface area contributed by atoms with Crippen molar-refractivity contribution in [3.63, 3.8) is 0 Å². The monoisotopic (exact) mass is 302 g/mol. The fraction of sp³-hybridized carbons (Fsp3) is 0.353. The summed E-state index contributed by atoms with van der Waals surface area (Å²) in [4.78, 5) is 6.53. The van der Waals surface area contributed by atoms with Crippen LogP contribution in [0.25, 0.3) is 0 Å². The molecule has 21 heavy (non-hydrogen) atoms. The number of halogens is 1. The summed E-state index contributed by atoms with van der Waals surface area (Å²) in [5, 5.41) is 11.2. The van der Waals surface area contributed by atoms with Crippen LogP contribution in [0.3, 0.4) is 0 Å². The van der Waals surface area contributed by atoms with Crippen LogP contribution in [0.1, 0.15) is 41.7 Å². The Balaban J connectivity index is 2.02. The maximum Gasteiger partial charge on any atom is 0.129 e. The Morgan fingerprint density at radius 3 is 2.76 bits per heavy atom. The molecule has 110 valence electrons. The minimum Gasteiger partial charge on any atom is -0.384 e. The lowest BCUT2D eigenvalue weighted by molar-refractivity contribution is 0.215. The van der Waals surface area contributed by atoms with Crippen molar-refractivity contribution in [1.82, 2.24) is 9.88 Å². The molecule has 1 aromatic heterocycles. The molecule has 1 unspecified atom stereocenters. The van der Waals surface area contributed by atoms with Gasteiger partial charge in [-0.05, 0) is 49.2 Å². The van der Waals surface area contributed by atoms with Crippen LogP contribution in [0, 0.1) is 0 Å². The average molecular weight is 303 g/mol. The van der Waals surface area contributed by atoms with Gasteiger partial charge in [-0.25, -0.2) is 4.98 Å². The highest BCUT2D eigenvalue weighted by Gasteiger charge is 2.27. The minimum atomic E-state index is -0.671. The van der Waals surface area contributed by atoms with E-state index < -0.39 is 6.10 Å². The molecule has 2 aromatic rings. The predicted molar refractivity (Wildman–Crippen MR) is 84.4 cm³/mol. The summed E-state index contributed by atoms with van der Waals surface area (Å²) in [6.45, 7) is 1.08. The molecule has 0 amide bonds.